The summed E-state index contributed by atoms with van der Waals surface area (Å²) in [7, 11) is 0. The smallest absolute Gasteiger partial charge is 0.282 e. The molecule has 1 aliphatic rings. The number of aromatic nitrogens is 3. The second-order valence-electron chi connectivity index (χ2n) is 10.3. The minimum atomic E-state index is -0.205. The van der Waals surface area contributed by atoms with Crippen LogP contribution in [0.2, 0.25) is 0 Å². The molecule has 1 aliphatic carbocycles. The Morgan fingerprint density at radius 1 is 1.12 bits per heavy atom. The summed E-state index contributed by atoms with van der Waals surface area (Å²) < 4.78 is 4.37. The van der Waals surface area contributed by atoms with Gasteiger partial charge in [-0.25, -0.2) is 4.98 Å². The van der Waals surface area contributed by atoms with Crippen molar-refractivity contribution in [3.63, 3.8) is 0 Å². The van der Waals surface area contributed by atoms with Gasteiger partial charge in [-0.3, -0.25) is 9.59 Å². The molecular formula is C32H30BrN5O2S. The van der Waals surface area contributed by atoms with E-state index < -0.39 is 0 Å². The lowest BCUT2D eigenvalue weighted by molar-refractivity contribution is 0.102. The fourth-order valence-corrected chi connectivity index (χ4v) is 7.41. The number of amides is 1. The Labute approximate surface area is 250 Å². The van der Waals surface area contributed by atoms with Crippen LogP contribution in [0, 0.1) is 13.8 Å². The van der Waals surface area contributed by atoms with E-state index in [-0.39, 0.29) is 11.5 Å². The first-order valence-electron chi connectivity index (χ1n) is 13.8. The third-order valence-electron chi connectivity index (χ3n) is 7.59. The highest BCUT2D eigenvalue weighted by Gasteiger charge is 2.28. The van der Waals surface area contributed by atoms with Crippen LogP contribution in [0.25, 0.3) is 15.9 Å². The van der Waals surface area contributed by atoms with Crippen LogP contribution in [0.1, 0.15) is 63.3 Å². The van der Waals surface area contributed by atoms with Crippen LogP contribution < -0.4 is 10.9 Å². The molecule has 9 heteroatoms. The SMILES string of the molecule is CCc1nc2ccc(Br)cc2c(=O)n1N=Cc1cc(C)n(-c2sc3c(c2C(=O)Nc2ccccc2)CCCC3)c1C. The summed E-state index contributed by atoms with van der Waals surface area (Å²) in [5, 5.41) is 9.19. The molecule has 0 bridgehead atoms. The molecule has 3 heterocycles. The van der Waals surface area contributed by atoms with E-state index in [9.17, 15) is 9.59 Å². The molecule has 208 valence electrons. The van der Waals surface area contributed by atoms with Gasteiger partial charge in [0.05, 0.1) is 22.7 Å². The van der Waals surface area contributed by atoms with Gasteiger partial charge in [0.25, 0.3) is 11.5 Å². The van der Waals surface area contributed by atoms with E-state index in [4.69, 9.17) is 0 Å². The average Bonchev–Trinajstić information content (AvgIpc) is 3.48. The van der Waals surface area contributed by atoms with E-state index in [0.29, 0.717) is 23.1 Å². The zero-order chi connectivity index (χ0) is 28.7. The predicted molar refractivity (Wildman–Crippen MR) is 170 cm³/mol. The number of halogens is 1. The van der Waals surface area contributed by atoms with Gasteiger partial charge in [0.2, 0.25) is 0 Å². The monoisotopic (exact) mass is 627 g/mol. The van der Waals surface area contributed by atoms with Crippen LogP contribution in [-0.4, -0.2) is 26.3 Å². The van der Waals surface area contributed by atoms with Crippen molar-refractivity contribution in [3.8, 4) is 5.00 Å². The maximum absolute atomic E-state index is 13.7. The van der Waals surface area contributed by atoms with Crippen molar-refractivity contribution >= 4 is 56.0 Å². The van der Waals surface area contributed by atoms with Crippen molar-refractivity contribution in [3.05, 3.63) is 108 Å². The van der Waals surface area contributed by atoms with Gasteiger partial charge in [0, 0.05) is 38.4 Å². The van der Waals surface area contributed by atoms with E-state index in [1.54, 1.807) is 23.6 Å². The number of aryl methyl sites for hydroxylation is 3. The quantitative estimate of drug-likeness (QED) is 0.202. The number of hydrogen-bond donors (Lipinski definition) is 1. The van der Waals surface area contributed by atoms with Crippen LogP contribution in [-0.2, 0) is 19.3 Å². The van der Waals surface area contributed by atoms with E-state index in [1.165, 1.54) is 15.1 Å². The molecule has 3 aromatic heterocycles. The largest absolute Gasteiger partial charge is 0.322 e. The molecule has 0 spiro atoms. The summed E-state index contributed by atoms with van der Waals surface area (Å²) in [5.74, 6) is 0.515. The summed E-state index contributed by atoms with van der Waals surface area (Å²) in [5.41, 5.74) is 5.99. The second-order valence-corrected chi connectivity index (χ2v) is 12.3. The van der Waals surface area contributed by atoms with Gasteiger partial charge in [0.15, 0.2) is 0 Å². The standard InChI is InChI=1S/C32H30BrN5O2S/c1-4-28-36-26-15-14-22(33)17-25(26)31(40)38(28)34-18-21-16-19(2)37(20(21)3)32-29(24-12-8-9-13-27(24)41-32)30(39)35-23-10-6-5-7-11-23/h5-7,10-11,14-18H,4,8-9,12-13H2,1-3H3,(H,35,39). The Bertz CT molecular complexity index is 1880. The Morgan fingerprint density at radius 3 is 2.68 bits per heavy atom. The number of nitrogens with one attached hydrogen (secondary N) is 1. The van der Waals surface area contributed by atoms with Crippen molar-refractivity contribution < 1.29 is 4.79 Å². The molecule has 1 N–H and O–H groups in total. The van der Waals surface area contributed by atoms with Crippen LogP contribution in [0.3, 0.4) is 0 Å². The van der Waals surface area contributed by atoms with E-state index >= 15 is 0 Å². The number of carbonyl (C=O) groups is 1. The van der Waals surface area contributed by atoms with E-state index in [2.05, 4.69) is 42.0 Å². The highest BCUT2D eigenvalue weighted by Crippen LogP contribution is 2.39. The zero-order valence-corrected chi connectivity index (χ0v) is 25.6. The zero-order valence-electron chi connectivity index (χ0n) is 23.2. The summed E-state index contributed by atoms with van der Waals surface area (Å²) in [6.45, 7) is 6.04. The third kappa shape index (κ3) is 5.08. The van der Waals surface area contributed by atoms with Gasteiger partial charge in [-0.2, -0.15) is 9.78 Å². The van der Waals surface area contributed by atoms with Gasteiger partial charge < -0.3 is 9.88 Å². The average molecular weight is 629 g/mol. The lowest BCUT2D eigenvalue weighted by atomic mass is 9.95. The number of carbonyl (C=O) groups excluding carboxylic acids is 1. The highest BCUT2D eigenvalue weighted by atomic mass is 79.9. The molecule has 6 rings (SSSR count). The molecule has 0 aliphatic heterocycles. The fourth-order valence-electron chi connectivity index (χ4n) is 5.55. The summed E-state index contributed by atoms with van der Waals surface area (Å²) in [6.07, 6.45) is 6.42. The Morgan fingerprint density at radius 2 is 1.90 bits per heavy atom. The Hall–Kier alpha value is -3.82. The number of nitrogens with zero attached hydrogens (tertiary/aromatic N) is 4. The molecule has 7 nitrogen and oxygen atoms in total. The van der Waals surface area contributed by atoms with Gasteiger partial charge in [-0.1, -0.05) is 41.1 Å². The van der Waals surface area contributed by atoms with Crippen LogP contribution in [0.5, 0.6) is 0 Å². The van der Waals surface area contributed by atoms with Crippen molar-refractivity contribution in [2.45, 2.75) is 52.9 Å². The normalized spacial score (nSPS) is 13.2. The maximum atomic E-state index is 13.7. The number of anilines is 1. The highest BCUT2D eigenvalue weighted by molar-refractivity contribution is 9.10. The number of rotatable bonds is 6. The molecular weight excluding hydrogens is 598 g/mol. The molecule has 0 saturated heterocycles. The molecule has 0 fully saturated rings. The number of fused-ring (bicyclic) bond motifs is 2. The first-order valence-corrected chi connectivity index (χ1v) is 15.4. The van der Waals surface area contributed by atoms with Crippen molar-refractivity contribution in [1.82, 2.24) is 14.2 Å². The molecule has 2 aromatic carbocycles. The fraction of sp³-hybridized carbons (Fsp3) is 0.250. The molecule has 0 unspecified atom stereocenters. The minimum absolute atomic E-state index is 0.0825. The first kappa shape index (κ1) is 27.4. The number of benzene rings is 2. The molecule has 5 aromatic rings. The molecule has 0 atom stereocenters. The van der Waals surface area contributed by atoms with Crippen molar-refractivity contribution in [1.29, 1.82) is 0 Å². The van der Waals surface area contributed by atoms with Crippen LogP contribution >= 0.6 is 27.3 Å². The van der Waals surface area contributed by atoms with Gasteiger partial charge in [-0.15, -0.1) is 11.3 Å². The van der Waals surface area contributed by atoms with E-state index in [1.807, 2.05) is 63.2 Å². The van der Waals surface area contributed by atoms with Crippen LogP contribution in [0.15, 0.2) is 69.0 Å². The Balaban J connectivity index is 1.43. The number of para-hydroxylation sites is 1. The van der Waals surface area contributed by atoms with Crippen LogP contribution in [0.4, 0.5) is 5.69 Å². The number of thiophene rings is 1. The van der Waals surface area contributed by atoms with E-state index in [0.717, 1.165) is 63.4 Å². The number of hydrogen-bond acceptors (Lipinski definition) is 5. The van der Waals surface area contributed by atoms with Crippen molar-refractivity contribution in [2.75, 3.05) is 5.32 Å². The Kier molecular flexibility index (Phi) is 7.48. The lowest BCUT2D eigenvalue weighted by Gasteiger charge is -2.14. The van der Waals surface area contributed by atoms with Crippen molar-refractivity contribution in [2.24, 2.45) is 5.10 Å². The first-order chi connectivity index (χ1) is 19.9. The minimum Gasteiger partial charge on any atom is -0.322 e. The predicted octanol–water partition coefficient (Wildman–Crippen LogP) is 7.20. The van der Waals surface area contributed by atoms with Gasteiger partial charge in [0.1, 0.15) is 10.8 Å². The summed E-state index contributed by atoms with van der Waals surface area (Å²) >= 11 is 5.16. The molecule has 0 saturated carbocycles. The van der Waals surface area contributed by atoms with Gasteiger partial charge in [-0.05, 0) is 81.5 Å². The topological polar surface area (TPSA) is 81.3 Å². The molecule has 1 amide bonds. The summed E-state index contributed by atoms with van der Waals surface area (Å²) in [6, 6.07) is 17.2. The van der Waals surface area contributed by atoms with Gasteiger partial charge >= 0.3 is 0 Å². The summed E-state index contributed by atoms with van der Waals surface area (Å²) in [4.78, 5) is 33.1. The lowest BCUT2D eigenvalue weighted by Crippen LogP contribution is -2.22. The second kappa shape index (κ2) is 11.2. The molecule has 41 heavy (non-hydrogen) atoms. The third-order valence-corrected chi connectivity index (χ3v) is 9.36. The maximum Gasteiger partial charge on any atom is 0.282 e. The molecule has 0 radical (unpaired) electrons.